The van der Waals surface area contributed by atoms with Gasteiger partial charge in [-0.25, -0.2) is 0 Å². The molecule has 1 aliphatic heterocycles. The maximum Gasteiger partial charge on any atom is 0.256 e. The second-order valence-corrected chi connectivity index (χ2v) is 8.75. The number of nitrogens with zero attached hydrogens (tertiary/aromatic N) is 2. The first-order valence-corrected chi connectivity index (χ1v) is 11.5. The van der Waals surface area contributed by atoms with Crippen molar-refractivity contribution in [2.24, 2.45) is 0 Å². The predicted molar refractivity (Wildman–Crippen MR) is 138 cm³/mol. The Morgan fingerprint density at radius 3 is 2.44 bits per heavy atom. The molecule has 174 valence electrons. The van der Waals surface area contributed by atoms with E-state index in [0.29, 0.717) is 33.8 Å². The number of hydrogen-bond acceptors (Lipinski definition) is 4. The molecular formula is C26H24ClN3O3S. The van der Waals surface area contributed by atoms with Gasteiger partial charge in [-0.2, -0.15) is 0 Å². The lowest BCUT2D eigenvalue weighted by Crippen LogP contribution is -2.37. The SMILES string of the molecule is COc1ccccc1N1C(=O)[C@@H](CC(=O)Nc2ccc(C)cc2)N(Cc2ccccc2Cl)C1=S. The summed E-state index contributed by atoms with van der Waals surface area (Å²) >= 11 is 12.1. The summed E-state index contributed by atoms with van der Waals surface area (Å²) in [6.07, 6.45) is -0.0665. The van der Waals surface area contributed by atoms with Gasteiger partial charge < -0.3 is 15.0 Å². The van der Waals surface area contributed by atoms with Crippen molar-refractivity contribution in [1.29, 1.82) is 0 Å². The quantitative estimate of drug-likeness (QED) is 0.459. The molecule has 0 aromatic heterocycles. The number of ether oxygens (including phenoxy) is 1. The summed E-state index contributed by atoms with van der Waals surface area (Å²) in [5, 5.41) is 3.73. The average Bonchev–Trinajstić information content (AvgIpc) is 3.05. The second-order valence-electron chi connectivity index (χ2n) is 7.98. The summed E-state index contributed by atoms with van der Waals surface area (Å²) in [5.41, 5.74) is 3.10. The fraction of sp³-hybridized carbons (Fsp3) is 0.192. The van der Waals surface area contributed by atoms with Crippen LogP contribution in [0, 0.1) is 6.92 Å². The van der Waals surface area contributed by atoms with E-state index in [2.05, 4.69) is 5.32 Å². The molecule has 3 aromatic rings. The smallest absolute Gasteiger partial charge is 0.256 e. The van der Waals surface area contributed by atoms with Crippen molar-refractivity contribution in [2.75, 3.05) is 17.3 Å². The van der Waals surface area contributed by atoms with Crippen LogP contribution in [0.4, 0.5) is 11.4 Å². The van der Waals surface area contributed by atoms with Crippen LogP contribution in [0.3, 0.4) is 0 Å². The summed E-state index contributed by atoms with van der Waals surface area (Å²) in [4.78, 5) is 29.8. The molecule has 1 saturated heterocycles. The maximum absolute atomic E-state index is 13.6. The van der Waals surface area contributed by atoms with E-state index in [4.69, 9.17) is 28.6 Å². The van der Waals surface area contributed by atoms with Gasteiger partial charge in [-0.05, 0) is 55.0 Å². The minimum Gasteiger partial charge on any atom is -0.495 e. The van der Waals surface area contributed by atoms with Crippen molar-refractivity contribution in [3.8, 4) is 5.75 Å². The molecule has 1 N–H and O–H groups in total. The van der Waals surface area contributed by atoms with Crippen LogP contribution in [0.15, 0.2) is 72.8 Å². The van der Waals surface area contributed by atoms with E-state index < -0.39 is 6.04 Å². The molecule has 4 rings (SSSR count). The first kappa shape index (κ1) is 23.7. The molecule has 6 nitrogen and oxygen atoms in total. The molecule has 3 aromatic carbocycles. The fourth-order valence-electron chi connectivity index (χ4n) is 3.88. The standard InChI is InChI=1S/C26H24ClN3O3S/c1-17-11-13-19(14-12-17)28-24(31)15-22-25(32)30(21-9-5-6-10-23(21)33-2)26(34)29(22)16-18-7-3-4-8-20(18)27/h3-14,22H,15-16H2,1-2H3,(H,28,31)/t22-/m1/s1. The van der Waals surface area contributed by atoms with Crippen molar-refractivity contribution in [1.82, 2.24) is 4.90 Å². The zero-order valence-electron chi connectivity index (χ0n) is 18.8. The highest BCUT2D eigenvalue weighted by molar-refractivity contribution is 7.80. The zero-order chi connectivity index (χ0) is 24.2. The highest BCUT2D eigenvalue weighted by Gasteiger charge is 2.45. The highest BCUT2D eigenvalue weighted by Crippen LogP contribution is 2.35. The Balaban J connectivity index is 1.64. The molecule has 0 aliphatic carbocycles. The molecule has 1 heterocycles. The third kappa shape index (κ3) is 4.90. The minimum absolute atomic E-state index is 0.0665. The van der Waals surface area contributed by atoms with Gasteiger partial charge in [-0.1, -0.05) is 59.6 Å². The Hall–Kier alpha value is -3.42. The van der Waals surface area contributed by atoms with Gasteiger partial charge in [0.2, 0.25) is 5.91 Å². The summed E-state index contributed by atoms with van der Waals surface area (Å²) in [6, 6.07) is 21.2. The number of carbonyl (C=O) groups excluding carboxylic acids is 2. The van der Waals surface area contributed by atoms with Gasteiger partial charge >= 0.3 is 0 Å². The van der Waals surface area contributed by atoms with Crippen LogP contribution < -0.4 is 15.0 Å². The van der Waals surface area contributed by atoms with E-state index in [0.717, 1.165) is 11.1 Å². The number of hydrogen-bond donors (Lipinski definition) is 1. The Morgan fingerprint density at radius 2 is 1.74 bits per heavy atom. The van der Waals surface area contributed by atoms with Crippen molar-refractivity contribution in [3.63, 3.8) is 0 Å². The second kappa shape index (κ2) is 10.2. The van der Waals surface area contributed by atoms with Gasteiger partial charge in [0.05, 0.1) is 19.2 Å². The van der Waals surface area contributed by atoms with Crippen molar-refractivity contribution in [3.05, 3.63) is 88.9 Å². The van der Waals surface area contributed by atoms with E-state index in [-0.39, 0.29) is 18.2 Å². The van der Waals surface area contributed by atoms with Crippen LogP contribution in [0.2, 0.25) is 5.02 Å². The van der Waals surface area contributed by atoms with Crippen LogP contribution in [0.25, 0.3) is 0 Å². The minimum atomic E-state index is -0.792. The third-order valence-corrected chi connectivity index (χ3v) is 6.44. The Morgan fingerprint density at radius 1 is 1.06 bits per heavy atom. The van der Waals surface area contributed by atoms with Gasteiger partial charge in [0.1, 0.15) is 11.8 Å². The number of aryl methyl sites for hydroxylation is 1. The molecule has 1 fully saturated rings. The number of methoxy groups -OCH3 is 1. The van der Waals surface area contributed by atoms with Crippen LogP contribution >= 0.6 is 23.8 Å². The number of benzene rings is 3. The first-order chi connectivity index (χ1) is 16.4. The van der Waals surface area contributed by atoms with Gasteiger partial charge in [-0.15, -0.1) is 0 Å². The number of anilines is 2. The molecule has 0 spiro atoms. The fourth-order valence-corrected chi connectivity index (χ4v) is 4.46. The van der Waals surface area contributed by atoms with E-state index in [9.17, 15) is 9.59 Å². The van der Waals surface area contributed by atoms with Crippen molar-refractivity contribution >= 4 is 52.1 Å². The summed E-state index contributed by atoms with van der Waals surface area (Å²) in [6.45, 7) is 2.27. The van der Waals surface area contributed by atoms with Crippen molar-refractivity contribution in [2.45, 2.75) is 25.9 Å². The van der Waals surface area contributed by atoms with Gasteiger partial charge in [0, 0.05) is 17.3 Å². The number of rotatable bonds is 7. The summed E-state index contributed by atoms with van der Waals surface area (Å²) in [7, 11) is 1.54. The molecule has 2 amide bonds. The monoisotopic (exact) mass is 493 g/mol. The number of carbonyl (C=O) groups is 2. The van der Waals surface area contributed by atoms with Crippen LogP contribution in [0.1, 0.15) is 17.5 Å². The average molecular weight is 494 g/mol. The zero-order valence-corrected chi connectivity index (χ0v) is 20.4. The molecule has 34 heavy (non-hydrogen) atoms. The number of para-hydroxylation sites is 2. The molecule has 8 heteroatoms. The largest absolute Gasteiger partial charge is 0.495 e. The molecule has 0 saturated carbocycles. The Labute approximate surface area is 209 Å². The van der Waals surface area contributed by atoms with Gasteiger partial charge in [-0.3, -0.25) is 14.5 Å². The maximum atomic E-state index is 13.6. The number of thiocarbonyl (C=S) groups is 1. The molecule has 0 radical (unpaired) electrons. The van der Waals surface area contributed by atoms with E-state index in [1.165, 1.54) is 12.0 Å². The van der Waals surface area contributed by atoms with Crippen LogP contribution in [-0.2, 0) is 16.1 Å². The summed E-state index contributed by atoms with van der Waals surface area (Å²) in [5.74, 6) is -0.0581. The lowest BCUT2D eigenvalue weighted by atomic mass is 10.1. The molecule has 1 aliphatic rings. The van der Waals surface area contributed by atoms with Crippen molar-refractivity contribution < 1.29 is 14.3 Å². The third-order valence-electron chi connectivity index (χ3n) is 5.66. The number of nitrogens with one attached hydrogen (secondary N) is 1. The molecule has 0 unspecified atom stereocenters. The molecular weight excluding hydrogens is 470 g/mol. The van der Waals surface area contributed by atoms with Gasteiger partial charge in [0.15, 0.2) is 5.11 Å². The Bertz CT molecular complexity index is 1230. The van der Waals surface area contributed by atoms with Gasteiger partial charge in [0.25, 0.3) is 5.91 Å². The molecule has 1 atom stereocenters. The summed E-state index contributed by atoms with van der Waals surface area (Å²) < 4.78 is 5.46. The number of amides is 2. The van der Waals surface area contributed by atoms with Crippen LogP contribution in [-0.4, -0.2) is 35.0 Å². The van der Waals surface area contributed by atoms with E-state index in [1.54, 1.807) is 23.1 Å². The topological polar surface area (TPSA) is 61.9 Å². The molecule has 0 bridgehead atoms. The highest BCUT2D eigenvalue weighted by atomic mass is 35.5. The lowest BCUT2D eigenvalue weighted by Gasteiger charge is -2.24. The van der Waals surface area contributed by atoms with E-state index >= 15 is 0 Å². The van der Waals surface area contributed by atoms with Crippen LogP contribution in [0.5, 0.6) is 5.75 Å². The Kier molecular flexibility index (Phi) is 7.14. The lowest BCUT2D eigenvalue weighted by molar-refractivity contribution is -0.124. The normalized spacial score (nSPS) is 15.6. The number of halogens is 1. The van der Waals surface area contributed by atoms with E-state index in [1.807, 2.05) is 61.5 Å². The predicted octanol–water partition coefficient (Wildman–Crippen LogP) is 5.19. The first-order valence-electron chi connectivity index (χ1n) is 10.8.